The lowest BCUT2D eigenvalue weighted by Gasteiger charge is -2.30. The fraction of sp³-hybridized carbons (Fsp3) is 0.280. The first-order valence-electron chi connectivity index (χ1n) is 10.7. The molecule has 0 aliphatic heterocycles. The van der Waals surface area contributed by atoms with Crippen LogP contribution in [0.1, 0.15) is 54.0 Å². The molecule has 0 bridgehead atoms. The summed E-state index contributed by atoms with van der Waals surface area (Å²) in [6.07, 6.45) is 2.87. The molecule has 0 radical (unpaired) electrons. The first-order chi connectivity index (χ1) is 16.1. The first kappa shape index (κ1) is 24.8. The second-order valence-electron chi connectivity index (χ2n) is 8.31. The third-order valence-electron chi connectivity index (χ3n) is 5.43. The fourth-order valence-electron chi connectivity index (χ4n) is 3.36. The molecular formula is C25H28F2N6O. The average Bonchev–Trinajstić information content (AvgIpc) is 2.82. The Morgan fingerprint density at radius 2 is 1.88 bits per heavy atom. The Balaban J connectivity index is 1.92. The highest BCUT2D eigenvalue weighted by molar-refractivity contribution is 5.95. The third-order valence-corrected chi connectivity index (χ3v) is 5.43. The molecule has 0 spiro atoms. The van der Waals surface area contributed by atoms with Crippen LogP contribution in [0.3, 0.4) is 0 Å². The standard InChI is InChI=1S/C25H28F2N6O/c1-16(20-7-5-6-8-21(20)26)33(15-19-11-10-18(14-30-19)25(2,3)27)23(34)17-9-12-22(31-13-17)32-24(28)29-4/h5-14,16H,15H2,1-4H3,(H3,28,29,31,32)/t16-/m1/s1. The minimum Gasteiger partial charge on any atom is -0.370 e. The largest absolute Gasteiger partial charge is 0.370 e. The smallest absolute Gasteiger partial charge is 0.256 e. The van der Waals surface area contributed by atoms with E-state index in [1.165, 1.54) is 44.3 Å². The van der Waals surface area contributed by atoms with Crippen LogP contribution < -0.4 is 11.1 Å². The number of pyridine rings is 2. The number of aromatic nitrogens is 2. The number of aliphatic imine (C=N–C) groups is 1. The Kier molecular flexibility index (Phi) is 7.55. The van der Waals surface area contributed by atoms with Crippen LogP contribution in [0.4, 0.5) is 14.6 Å². The summed E-state index contributed by atoms with van der Waals surface area (Å²) in [5.74, 6) is -0.155. The molecule has 0 saturated carbocycles. The molecule has 34 heavy (non-hydrogen) atoms. The van der Waals surface area contributed by atoms with E-state index in [1.54, 1.807) is 49.4 Å². The van der Waals surface area contributed by atoms with E-state index in [9.17, 15) is 13.6 Å². The van der Waals surface area contributed by atoms with Crippen LogP contribution >= 0.6 is 0 Å². The van der Waals surface area contributed by atoms with E-state index in [1.807, 2.05) is 0 Å². The molecule has 3 aromatic rings. The number of nitrogens with zero attached hydrogens (tertiary/aromatic N) is 4. The number of anilines is 1. The zero-order chi connectivity index (χ0) is 24.9. The zero-order valence-electron chi connectivity index (χ0n) is 19.6. The molecule has 1 atom stereocenters. The van der Waals surface area contributed by atoms with Crippen LogP contribution in [0.5, 0.6) is 0 Å². The molecule has 0 fully saturated rings. The Morgan fingerprint density at radius 3 is 2.44 bits per heavy atom. The maximum Gasteiger partial charge on any atom is 0.256 e. The number of guanidine groups is 1. The summed E-state index contributed by atoms with van der Waals surface area (Å²) in [6, 6.07) is 12.2. The number of rotatable bonds is 7. The van der Waals surface area contributed by atoms with Crippen LogP contribution in [0.25, 0.3) is 0 Å². The lowest BCUT2D eigenvalue weighted by atomic mass is 10.0. The molecule has 7 nitrogen and oxygen atoms in total. The van der Waals surface area contributed by atoms with Crippen LogP contribution in [0, 0.1) is 5.82 Å². The van der Waals surface area contributed by atoms with Crippen molar-refractivity contribution in [3.05, 3.63) is 89.1 Å². The zero-order valence-corrected chi connectivity index (χ0v) is 19.6. The lowest BCUT2D eigenvalue weighted by molar-refractivity contribution is 0.0668. The van der Waals surface area contributed by atoms with Crippen molar-refractivity contribution < 1.29 is 13.6 Å². The van der Waals surface area contributed by atoms with Gasteiger partial charge in [0.05, 0.1) is 23.8 Å². The van der Waals surface area contributed by atoms with Crippen molar-refractivity contribution in [2.24, 2.45) is 10.7 Å². The molecule has 0 saturated heterocycles. The fourth-order valence-corrected chi connectivity index (χ4v) is 3.36. The number of benzene rings is 1. The number of amides is 1. The van der Waals surface area contributed by atoms with Gasteiger partial charge in [0, 0.05) is 30.6 Å². The SMILES string of the molecule is CN=C(N)Nc1ccc(C(=O)N(Cc2ccc(C(C)(C)F)cn2)[C@H](C)c2ccccc2F)cn1. The molecule has 2 heterocycles. The molecule has 3 rings (SSSR count). The van der Waals surface area contributed by atoms with Crippen molar-refractivity contribution in [3.63, 3.8) is 0 Å². The van der Waals surface area contributed by atoms with Gasteiger partial charge < -0.3 is 16.0 Å². The maximum atomic E-state index is 14.6. The van der Waals surface area contributed by atoms with Crippen molar-refractivity contribution in [1.29, 1.82) is 0 Å². The second kappa shape index (κ2) is 10.4. The number of hydrogen-bond donors (Lipinski definition) is 2. The quantitative estimate of drug-likeness (QED) is 0.392. The van der Waals surface area contributed by atoms with Crippen molar-refractivity contribution in [3.8, 4) is 0 Å². The Hall–Kier alpha value is -3.88. The maximum absolute atomic E-state index is 14.6. The molecule has 1 amide bonds. The molecule has 0 aliphatic rings. The highest BCUT2D eigenvalue weighted by Gasteiger charge is 2.26. The molecule has 178 valence electrons. The number of nitrogens with two attached hydrogens (primary N) is 1. The van der Waals surface area contributed by atoms with Crippen molar-refractivity contribution in [2.45, 2.75) is 39.0 Å². The van der Waals surface area contributed by atoms with Crippen LogP contribution in [-0.4, -0.2) is 33.8 Å². The number of halogens is 2. The normalized spacial score (nSPS) is 12.8. The van der Waals surface area contributed by atoms with E-state index in [4.69, 9.17) is 5.73 Å². The summed E-state index contributed by atoms with van der Waals surface area (Å²) < 4.78 is 28.8. The molecule has 9 heteroatoms. The second-order valence-corrected chi connectivity index (χ2v) is 8.31. The molecule has 3 N–H and O–H groups in total. The van der Waals surface area contributed by atoms with E-state index < -0.39 is 17.5 Å². The predicted octanol–water partition coefficient (Wildman–Crippen LogP) is 4.58. The third kappa shape index (κ3) is 5.92. The van der Waals surface area contributed by atoms with Gasteiger partial charge in [-0.25, -0.2) is 13.8 Å². The van der Waals surface area contributed by atoms with Crippen LogP contribution in [0.15, 0.2) is 65.9 Å². The number of carbonyl (C=O) groups excluding carboxylic acids is 1. The van der Waals surface area contributed by atoms with E-state index in [0.717, 1.165) is 0 Å². The van der Waals surface area contributed by atoms with Gasteiger partial charge in [-0.1, -0.05) is 24.3 Å². The molecule has 0 aliphatic carbocycles. The summed E-state index contributed by atoms with van der Waals surface area (Å²) in [6.45, 7) is 4.74. The number of alkyl halides is 1. The van der Waals surface area contributed by atoms with Gasteiger partial charge >= 0.3 is 0 Å². The van der Waals surface area contributed by atoms with Crippen molar-refractivity contribution >= 4 is 17.7 Å². The van der Waals surface area contributed by atoms with Gasteiger partial charge in [-0.3, -0.25) is 14.8 Å². The molecule has 0 unspecified atom stereocenters. The highest BCUT2D eigenvalue weighted by atomic mass is 19.1. The summed E-state index contributed by atoms with van der Waals surface area (Å²) in [7, 11) is 1.54. The summed E-state index contributed by atoms with van der Waals surface area (Å²) in [5, 5.41) is 2.80. The van der Waals surface area contributed by atoms with Gasteiger partial charge in [0.2, 0.25) is 0 Å². The van der Waals surface area contributed by atoms with Crippen molar-refractivity contribution in [2.75, 3.05) is 12.4 Å². The molecule has 2 aromatic heterocycles. The Bertz CT molecular complexity index is 1160. The van der Waals surface area contributed by atoms with E-state index >= 15 is 0 Å². The Morgan fingerprint density at radius 1 is 1.15 bits per heavy atom. The van der Waals surface area contributed by atoms with Gasteiger partial charge in [-0.05, 0) is 45.0 Å². The highest BCUT2D eigenvalue weighted by Crippen LogP contribution is 2.28. The summed E-state index contributed by atoms with van der Waals surface area (Å²) in [4.78, 5) is 27.4. The van der Waals surface area contributed by atoms with Gasteiger partial charge in [0.15, 0.2) is 5.96 Å². The van der Waals surface area contributed by atoms with Crippen LogP contribution in [0.2, 0.25) is 0 Å². The van der Waals surface area contributed by atoms with E-state index in [2.05, 4.69) is 20.3 Å². The predicted molar refractivity (Wildman–Crippen MR) is 128 cm³/mol. The number of nitrogens with one attached hydrogen (secondary N) is 1. The summed E-state index contributed by atoms with van der Waals surface area (Å²) in [5.41, 5.74) is 5.77. The van der Waals surface area contributed by atoms with E-state index in [0.29, 0.717) is 28.2 Å². The van der Waals surface area contributed by atoms with Gasteiger partial charge in [0.1, 0.15) is 17.3 Å². The molecular weight excluding hydrogens is 438 g/mol. The van der Waals surface area contributed by atoms with E-state index in [-0.39, 0.29) is 18.4 Å². The van der Waals surface area contributed by atoms with Gasteiger partial charge in [-0.15, -0.1) is 0 Å². The number of carbonyl (C=O) groups is 1. The number of hydrogen-bond acceptors (Lipinski definition) is 4. The molecule has 1 aromatic carbocycles. The Labute approximate surface area is 197 Å². The summed E-state index contributed by atoms with van der Waals surface area (Å²) >= 11 is 0. The van der Waals surface area contributed by atoms with Gasteiger partial charge in [-0.2, -0.15) is 0 Å². The average molecular weight is 467 g/mol. The monoisotopic (exact) mass is 466 g/mol. The minimum absolute atomic E-state index is 0.0940. The topological polar surface area (TPSA) is 96.5 Å². The van der Waals surface area contributed by atoms with Crippen molar-refractivity contribution in [1.82, 2.24) is 14.9 Å². The minimum atomic E-state index is -1.53. The first-order valence-corrected chi connectivity index (χ1v) is 10.7. The van der Waals surface area contributed by atoms with Gasteiger partial charge in [0.25, 0.3) is 5.91 Å². The van der Waals surface area contributed by atoms with Crippen LogP contribution in [-0.2, 0) is 12.2 Å². The lowest BCUT2D eigenvalue weighted by Crippen LogP contribution is -2.34.